The largest absolute Gasteiger partial charge is 0.491 e. The number of sulfonamides is 1. The molecule has 1 saturated heterocycles. The van der Waals surface area contributed by atoms with Crippen LogP contribution in [0.3, 0.4) is 0 Å². The Balaban J connectivity index is 2.18. The van der Waals surface area contributed by atoms with Crippen molar-refractivity contribution in [1.82, 2.24) is 4.31 Å². The second kappa shape index (κ2) is 6.13. The van der Waals surface area contributed by atoms with E-state index in [1.54, 1.807) is 6.92 Å². The van der Waals surface area contributed by atoms with Crippen molar-refractivity contribution in [1.29, 1.82) is 0 Å². The molecular formula is C13H18FNO5S2. The van der Waals surface area contributed by atoms with Crippen LogP contribution in [0.4, 0.5) is 4.39 Å². The van der Waals surface area contributed by atoms with E-state index < -0.39 is 30.9 Å². The van der Waals surface area contributed by atoms with Gasteiger partial charge in [-0.05, 0) is 25.1 Å². The molecule has 0 unspecified atom stereocenters. The standard InChI is InChI=1S/C13H18FNO5S2/c1-3-20-13-6-5-10(7-12(13)14)22(18,19)15-8-11(9-15)21(16,17)4-2/h5-7,11H,3-4,8-9H2,1-2H3. The van der Waals surface area contributed by atoms with E-state index in [2.05, 4.69) is 0 Å². The molecule has 124 valence electrons. The molecule has 0 radical (unpaired) electrons. The number of sulfone groups is 1. The maximum atomic E-state index is 13.8. The van der Waals surface area contributed by atoms with Gasteiger partial charge in [0.05, 0.1) is 16.8 Å². The zero-order valence-electron chi connectivity index (χ0n) is 12.3. The van der Waals surface area contributed by atoms with Crippen molar-refractivity contribution < 1.29 is 26.0 Å². The van der Waals surface area contributed by atoms with Gasteiger partial charge in [0, 0.05) is 18.8 Å². The van der Waals surface area contributed by atoms with Crippen LogP contribution in [0, 0.1) is 5.82 Å². The summed E-state index contributed by atoms with van der Waals surface area (Å²) in [6.07, 6.45) is 0. The lowest BCUT2D eigenvalue weighted by molar-refractivity contribution is 0.308. The summed E-state index contributed by atoms with van der Waals surface area (Å²) in [5, 5.41) is -0.681. The average Bonchev–Trinajstić information content (AvgIpc) is 2.38. The Morgan fingerprint density at radius 2 is 1.86 bits per heavy atom. The molecule has 0 aliphatic carbocycles. The van der Waals surface area contributed by atoms with Crippen LogP contribution < -0.4 is 4.74 Å². The second-order valence-electron chi connectivity index (χ2n) is 4.92. The second-order valence-corrected chi connectivity index (χ2v) is 9.43. The van der Waals surface area contributed by atoms with Gasteiger partial charge in [0.15, 0.2) is 21.4 Å². The van der Waals surface area contributed by atoms with Gasteiger partial charge in [0.2, 0.25) is 10.0 Å². The fourth-order valence-electron chi connectivity index (χ4n) is 2.12. The molecule has 0 amide bonds. The first-order valence-corrected chi connectivity index (χ1v) is 10.0. The first kappa shape index (κ1) is 17.2. The van der Waals surface area contributed by atoms with E-state index in [1.165, 1.54) is 19.1 Å². The Bertz CT molecular complexity index is 755. The third kappa shape index (κ3) is 3.11. The van der Waals surface area contributed by atoms with E-state index in [9.17, 15) is 21.2 Å². The maximum absolute atomic E-state index is 13.8. The minimum absolute atomic E-state index is 0.0171. The van der Waals surface area contributed by atoms with Crippen LogP contribution in [0.1, 0.15) is 13.8 Å². The molecule has 0 atom stereocenters. The number of ether oxygens (including phenoxy) is 1. The van der Waals surface area contributed by atoms with Crippen LogP contribution in [0.15, 0.2) is 23.1 Å². The molecule has 9 heteroatoms. The highest BCUT2D eigenvalue weighted by molar-refractivity contribution is 7.92. The van der Waals surface area contributed by atoms with Gasteiger partial charge in [-0.1, -0.05) is 6.92 Å². The average molecular weight is 351 g/mol. The van der Waals surface area contributed by atoms with E-state index in [1.807, 2.05) is 0 Å². The molecule has 0 saturated carbocycles. The van der Waals surface area contributed by atoms with E-state index in [0.29, 0.717) is 0 Å². The van der Waals surface area contributed by atoms with Gasteiger partial charge in [-0.25, -0.2) is 21.2 Å². The summed E-state index contributed by atoms with van der Waals surface area (Å²) in [7, 11) is -7.14. The summed E-state index contributed by atoms with van der Waals surface area (Å²) in [4.78, 5) is -0.208. The van der Waals surface area contributed by atoms with Crippen molar-refractivity contribution in [3.63, 3.8) is 0 Å². The minimum atomic E-state index is -3.88. The van der Waals surface area contributed by atoms with Crippen LogP contribution in [-0.4, -0.2) is 51.8 Å². The van der Waals surface area contributed by atoms with Gasteiger partial charge < -0.3 is 4.74 Å². The molecule has 1 fully saturated rings. The predicted molar refractivity (Wildman–Crippen MR) is 79.6 cm³/mol. The minimum Gasteiger partial charge on any atom is -0.491 e. The van der Waals surface area contributed by atoms with Gasteiger partial charge in [0.1, 0.15) is 0 Å². The quantitative estimate of drug-likeness (QED) is 0.765. The zero-order valence-corrected chi connectivity index (χ0v) is 14.0. The molecule has 2 rings (SSSR count). The lowest BCUT2D eigenvalue weighted by Crippen LogP contribution is -2.57. The van der Waals surface area contributed by atoms with Crippen LogP contribution in [0.25, 0.3) is 0 Å². The SMILES string of the molecule is CCOc1ccc(S(=O)(=O)N2CC(S(=O)(=O)CC)C2)cc1F. The van der Waals surface area contributed by atoms with Crippen LogP contribution in [-0.2, 0) is 19.9 Å². The van der Waals surface area contributed by atoms with Gasteiger partial charge in [-0.2, -0.15) is 4.31 Å². The number of hydrogen-bond acceptors (Lipinski definition) is 5. The molecule has 22 heavy (non-hydrogen) atoms. The lowest BCUT2D eigenvalue weighted by atomic mass is 10.3. The molecule has 0 bridgehead atoms. The van der Waals surface area contributed by atoms with Gasteiger partial charge >= 0.3 is 0 Å². The summed E-state index contributed by atoms with van der Waals surface area (Å²) >= 11 is 0. The van der Waals surface area contributed by atoms with Crippen LogP contribution in [0.2, 0.25) is 0 Å². The van der Waals surface area contributed by atoms with E-state index in [-0.39, 0.29) is 36.1 Å². The Labute approximate surface area is 129 Å². The summed E-state index contributed by atoms with van der Waals surface area (Å²) in [6, 6.07) is 3.40. The molecule has 0 spiro atoms. The van der Waals surface area contributed by atoms with Crippen molar-refractivity contribution >= 4 is 19.9 Å². The molecule has 1 aromatic carbocycles. The van der Waals surface area contributed by atoms with E-state index >= 15 is 0 Å². The Morgan fingerprint density at radius 1 is 1.23 bits per heavy atom. The number of rotatable bonds is 6. The molecule has 0 aromatic heterocycles. The Morgan fingerprint density at radius 3 is 2.36 bits per heavy atom. The van der Waals surface area contributed by atoms with Gasteiger partial charge in [0.25, 0.3) is 0 Å². The van der Waals surface area contributed by atoms with Crippen molar-refractivity contribution in [2.45, 2.75) is 24.0 Å². The van der Waals surface area contributed by atoms with Crippen molar-refractivity contribution in [2.24, 2.45) is 0 Å². The van der Waals surface area contributed by atoms with E-state index in [4.69, 9.17) is 4.74 Å². The smallest absolute Gasteiger partial charge is 0.243 e. The first-order chi connectivity index (χ1) is 10.2. The molecule has 1 heterocycles. The highest BCUT2D eigenvalue weighted by Crippen LogP contribution is 2.28. The van der Waals surface area contributed by atoms with Crippen molar-refractivity contribution in [3.8, 4) is 5.75 Å². The molecule has 1 aliphatic heterocycles. The third-order valence-corrected chi connectivity index (χ3v) is 7.51. The van der Waals surface area contributed by atoms with Crippen molar-refractivity contribution in [3.05, 3.63) is 24.0 Å². The zero-order chi connectivity index (χ0) is 16.5. The molecule has 0 N–H and O–H groups in total. The molecule has 6 nitrogen and oxygen atoms in total. The maximum Gasteiger partial charge on any atom is 0.243 e. The number of hydrogen-bond donors (Lipinski definition) is 0. The number of halogens is 1. The van der Waals surface area contributed by atoms with Crippen molar-refractivity contribution in [2.75, 3.05) is 25.4 Å². The fraction of sp³-hybridized carbons (Fsp3) is 0.538. The lowest BCUT2D eigenvalue weighted by Gasteiger charge is -2.37. The third-order valence-electron chi connectivity index (χ3n) is 3.57. The normalized spacial score (nSPS) is 17.2. The summed E-state index contributed by atoms with van der Waals surface area (Å²) < 4.78 is 67.8. The predicted octanol–water partition coefficient (Wildman–Crippen LogP) is 1.03. The Hall–Kier alpha value is -1.19. The summed E-state index contributed by atoms with van der Waals surface area (Å²) in [5.74, 6) is -0.804. The Kier molecular flexibility index (Phi) is 4.78. The van der Waals surface area contributed by atoms with E-state index in [0.717, 1.165) is 10.4 Å². The molecular weight excluding hydrogens is 333 g/mol. The molecule has 1 aliphatic rings. The van der Waals surface area contributed by atoms with Gasteiger partial charge in [-0.3, -0.25) is 0 Å². The van der Waals surface area contributed by atoms with Gasteiger partial charge in [-0.15, -0.1) is 0 Å². The van der Waals surface area contributed by atoms with Crippen LogP contribution >= 0.6 is 0 Å². The monoisotopic (exact) mass is 351 g/mol. The summed E-state index contributed by atoms with van der Waals surface area (Å²) in [5.41, 5.74) is 0. The first-order valence-electron chi connectivity index (χ1n) is 6.86. The molecule has 1 aromatic rings. The number of benzene rings is 1. The topological polar surface area (TPSA) is 80.8 Å². The number of nitrogens with zero attached hydrogens (tertiary/aromatic N) is 1. The highest BCUT2D eigenvalue weighted by Gasteiger charge is 2.42. The van der Waals surface area contributed by atoms with Crippen LogP contribution in [0.5, 0.6) is 5.75 Å². The summed E-state index contributed by atoms with van der Waals surface area (Å²) in [6.45, 7) is 3.30. The highest BCUT2D eigenvalue weighted by atomic mass is 32.2. The fourth-order valence-corrected chi connectivity index (χ4v) is 5.14.